The molecule has 2 aliphatic rings. The van der Waals surface area contributed by atoms with Crippen molar-refractivity contribution >= 4 is 33.8 Å². The lowest BCUT2D eigenvalue weighted by Gasteiger charge is -2.30. The van der Waals surface area contributed by atoms with E-state index in [4.69, 9.17) is 0 Å². The molecule has 1 spiro atoms. The topological polar surface area (TPSA) is 69.7 Å². The number of imide groups is 1. The van der Waals surface area contributed by atoms with E-state index in [2.05, 4.69) is 21.2 Å². The van der Waals surface area contributed by atoms with Crippen LogP contribution in [-0.2, 0) is 16.1 Å². The van der Waals surface area contributed by atoms with Gasteiger partial charge in [0.2, 0.25) is 5.91 Å². The maximum Gasteiger partial charge on any atom is 0.325 e. The van der Waals surface area contributed by atoms with Gasteiger partial charge in [0.25, 0.3) is 5.91 Å². The minimum absolute atomic E-state index is 0.209. The SMILES string of the molecule is CN(Cc1ccc(Br)cc1)C(=O)CN1C(=O)NC2(CCCCC2)C1=O. The molecule has 1 aliphatic heterocycles. The Morgan fingerprint density at radius 2 is 1.84 bits per heavy atom. The van der Waals surface area contributed by atoms with E-state index in [-0.39, 0.29) is 18.4 Å². The summed E-state index contributed by atoms with van der Waals surface area (Å²) in [5.41, 5.74) is 0.208. The van der Waals surface area contributed by atoms with E-state index in [0.717, 1.165) is 34.2 Å². The Balaban J connectivity index is 1.62. The van der Waals surface area contributed by atoms with Crippen molar-refractivity contribution in [3.63, 3.8) is 0 Å². The number of hydrogen-bond donors (Lipinski definition) is 1. The van der Waals surface area contributed by atoms with Crippen LogP contribution in [-0.4, -0.2) is 46.8 Å². The average Bonchev–Trinajstić information content (AvgIpc) is 2.81. The molecular weight excluding hydrogens is 386 g/mol. The summed E-state index contributed by atoms with van der Waals surface area (Å²) < 4.78 is 0.974. The lowest BCUT2D eigenvalue weighted by atomic mass is 9.82. The molecule has 1 aliphatic carbocycles. The Kier molecular flexibility index (Phi) is 5.13. The highest BCUT2D eigenvalue weighted by atomic mass is 79.9. The second-order valence-corrected chi connectivity index (χ2v) is 7.76. The summed E-state index contributed by atoms with van der Waals surface area (Å²) in [7, 11) is 1.68. The molecule has 7 heteroatoms. The molecule has 0 atom stereocenters. The van der Waals surface area contributed by atoms with Gasteiger partial charge >= 0.3 is 6.03 Å². The number of benzene rings is 1. The molecule has 1 saturated carbocycles. The summed E-state index contributed by atoms with van der Waals surface area (Å²) in [6.07, 6.45) is 4.27. The summed E-state index contributed by atoms with van der Waals surface area (Å²) in [6.45, 7) is 0.223. The highest BCUT2D eigenvalue weighted by Gasteiger charge is 2.51. The molecule has 1 heterocycles. The van der Waals surface area contributed by atoms with Crippen LogP contribution < -0.4 is 5.32 Å². The molecule has 1 N–H and O–H groups in total. The molecule has 1 aromatic carbocycles. The van der Waals surface area contributed by atoms with Crippen LogP contribution in [0.15, 0.2) is 28.7 Å². The normalized spacial score (nSPS) is 19.2. The number of amides is 4. The highest BCUT2D eigenvalue weighted by Crippen LogP contribution is 2.33. The molecule has 0 radical (unpaired) electrons. The molecule has 4 amide bonds. The van der Waals surface area contributed by atoms with E-state index in [9.17, 15) is 14.4 Å². The first kappa shape index (κ1) is 17.9. The number of hydrogen-bond acceptors (Lipinski definition) is 3. The quantitative estimate of drug-likeness (QED) is 0.779. The number of carbonyl (C=O) groups excluding carboxylic acids is 3. The van der Waals surface area contributed by atoms with Crippen molar-refractivity contribution in [2.75, 3.05) is 13.6 Å². The first-order valence-electron chi connectivity index (χ1n) is 8.54. The van der Waals surface area contributed by atoms with Gasteiger partial charge in [-0.3, -0.25) is 14.5 Å². The first-order chi connectivity index (χ1) is 11.9. The van der Waals surface area contributed by atoms with Gasteiger partial charge in [0, 0.05) is 18.1 Å². The predicted octanol–water partition coefficient (Wildman–Crippen LogP) is 2.66. The third-order valence-corrected chi connectivity index (χ3v) is 5.53. The minimum atomic E-state index is -0.778. The minimum Gasteiger partial charge on any atom is -0.340 e. The van der Waals surface area contributed by atoms with E-state index >= 15 is 0 Å². The van der Waals surface area contributed by atoms with Crippen molar-refractivity contribution in [2.24, 2.45) is 0 Å². The van der Waals surface area contributed by atoms with Crippen LogP contribution in [0.3, 0.4) is 0 Å². The lowest BCUT2D eigenvalue weighted by molar-refractivity contribution is -0.139. The summed E-state index contributed by atoms with van der Waals surface area (Å²) in [6, 6.07) is 7.24. The van der Waals surface area contributed by atoms with Gasteiger partial charge in [0.15, 0.2) is 0 Å². The van der Waals surface area contributed by atoms with E-state index < -0.39 is 11.6 Å². The monoisotopic (exact) mass is 407 g/mol. The summed E-state index contributed by atoms with van der Waals surface area (Å²) in [5.74, 6) is -0.498. The first-order valence-corrected chi connectivity index (χ1v) is 9.33. The molecule has 134 valence electrons. The molecule has 1 aromatic rings. The number of likely N-dealkylation sites (N-methyl/N-ethyl adjacent to an activating group) is 1. The van der Waals surface area contributed by atoms with Gasteiger partial charge in [-0.05, 0) is 30.5 Å². The van der Waals surface area contributed by atoms with Crippen molar-refractivity contribution in [3.05, 3.63) is 34.3 Å². The van der Waals surface area contributed by atoms with Crippen molar-refractivity contribution in [2.45, 2.75) is 44.2 Å². The fraction of sp³-hybridized carbons (Fsp3) is 0.500. The number of halogens is 1. The number of nitrogens with one attached hydrogen (secondary N) is 1. The third-order valence-electron chi connectivity index (χ3n) is 5.01. The summed E-state index contributed by atoms with van der Waals surface area (Å²) >= 11 is 3.38. The Labute approximate surface area is 155 Å². The summed E-state index contributed by atoms with van der Waals surface area (Å²) in [5, 5.41) is 2.83. The Morgan fingerprint density at radius 3 is 2.48 bits per heavy atom. The lowest BCUT2D eigenvalue weighted by Crippen LogP contribution is -2.49. The Bertz CT molecular complexity index is 683. The van der Waals surface area contributed by atoms with Crippen LogP contribution in [0.1, 0.15) is 37.7 Å². The van der Waals surface area contributed by atoms with Gasteiger partial charge in [0.1, 0.15) is 12.1 Å². The van der Waals surface area contributed by atoms with Gasteiger partial charge in [-0.25, -0.2) is 4.79 Å². The van der Waals surface area contributed by atoms with Gasteiger partial charge in [-0.2, -0.15) is 0 Å². The van der Waals surface area contributed by atoms with Crippen molar-refractivity contribution in [1.29, 1.82) is 0 Å². The fourth-order valence-corrected chi connectivity index (χ4v) is 3.79. The van der Waals surface area contributed by atoms with Crippen molar-refractivity contribution in [1.82, 2.24) is 15.1 Å². The molecule has 0 bridgehead atoms. The molecule has 0 unspecified atom stereocenters. The molecular formula is C18H22BrN3O3. The van der Waals surface area contributed by atoms with Gasteiger partial charge in [-0.15, -0.1) is 0 Å². The van der Waals surface area contributed by atoms with Crippen molar-refractivity contribution in [3.8, 4) is 0 Å². The predicted molar refractivity (Wildman–Crippen MR) is 96.7 cm³/mol. The standard InChI is InChI=1S/C18H22BrN3O3/c1-21(11-13-5-7-14(19)8-6-13)15(23)12-22-16(24)18(20-17(22)25)9-3-2-4-10-18/h5-8H,2-4,9-12H2,1H3,(H,20,25). The van der Waals surface area contributed by atoms with Crippen LogP contribution in [0.5, 0.6) is 0 Å². The van der Waals surface area contributed by atoms with Crippen LogP contribution >= 0.6 is 15.9 Å². The van der Waals surface area contributed by atoms with E-state index in [0.29, 0.717) is 19.4 Å². The number of carbonyl (C=O) groups is 3. The van der Waals surface area contributed by atoms with Gasteiger partial charge < -0.3 is 10.2 Å². The van der Waals surface area contributed by atoms with E-state index in [1.165, 1.54) is 4.90 Å². The zero-order valence-electron chi connectivity index (χ0n) is 14.3. The van der Waals surface area contributed by atoms with Crippen LogP contribution in [0.4, 0.5) is 4.79 Å². The van der Waals surface area contributed by atoms with Crippen molar-refractivity contribution < 1.29 is 14.4 Å². The Hall–Kier alpha value is -1.89. The molecule has 25 heavy (non-hydrogen) atoms. The van der Waals surface area contributed by atoms with Crippen LogP contribution in [0.25, 0.3) is 0 Å². The second kappa shape index (κ2) is 7.15. The third kappa shape index (κ3) is 3.71. The Morgan fingerprint density at radius 1 is 1.20 bits per heavy atom. The summed E-state index contributed by atoms with van der Waals surface area (Å²) in [4.78, 5) is 40.0. The van der Waals surface area contributed by atoms with Crippen LogP contribution in [0.2, 0.25) is 0 Å². The highest BCUT2D eigenvalue weighted by molar-refractivity contribution is 9.10. The molecule has 2 fully saturated rings. The van der Waals surface area contributed by atoms with E-state index in [1.54, 1.807) is 7.05 Å². The fourth-order valence-electron chi connectivity index (χ4n) is 3.52. The largest absolute Gasteiger partial charge is 0.340 e. The zero-order chi connectivity index (χ0) is 18.0. The second-order valence-electron chi connectivity index (χ2n) is 6.84. The number of urea groups is 1. The molecule has 0 aromatic heterocycles. The van der Waals surface area contributed by atoms with Gasteiger partial charge in [-0.1, -0.05) is 47.3 Å². The smallest absolute Gasteiger partial charge is 0.325 e. The number of nitrogens with zero attached hydrogens (tertiary/aromatic N) is 2. The molecule has 6 nitrogen and oxygen atoms in total. The van der Waals surface area contributed by atoms with Gasteiger partial charge in [0.05, 0.1) is 0 Å². The maximum absolute atomic E-state index is 12.7. The molecule has 1 saturated heterocycles. The van der Waals surface area contributed by atoms with E-state index in [1.807, 2.05) is 24.3 Å². The average molecular weight is 408 g/mol. The number of rotatable bonds is 4. The van der Waals surface area contributed by atoms with Crippen LogP contribution in [0, 0.1) is 0 Å². The zero-order valence-corrected chi connectivity index (χ0v) is 15.8. The molecule has 3 rings (SSSR count). The maximum atomic E-state index is 12.7.